The quantitative estimate of drug-likeness (QED) is 0.627. The number of hydrogen-bond donors (Lipinski definition) is 2. The molecule has 1 rings (SSSR count). The number of nitrogens with two attached hydrogens (primary N) is 1. The van der Waals surface area contributed by atoms with Gasteiger partial charge in [-0.15, -0.1) is 0 Å². The summed E-state index contributed by atoms with van der Waals surface area (Å²) < 4.78 is 0. The predicted molar refractivity (Wildman–Crippen MR) is 50.8 cm³/mol. The Morgan fingerprint density at radius 3 is 2.71 bits per heavy atom. The molecule has 0 spiro atoms. The van der Waals surface area contributed by atoms with Gasteiger partial charge in [-0.1, -0.05) is 0 Å². The van der Waals surface area contributed by atoms with Crippen molar-refractivity contribution in [2.75, 3.05) is 20.1 Å². The summed E-state index contributed by atoms with van der Waals surface area (Å²) >= 11 is 0. The second-order valence-electron chi connectivity index (χ2n) is 3.85. The van der Waals surface area contributed by atoms with Crippen LogP contribution in [0.5, 0.6) is 0 Å². The first-order valence-electron chi connectivity index (χ1n) is 4.70. The molecule has 0 aromatic heterocycles. The van der Waals surface area contributed by atoms with Crippen LogP contribution in [0.4, 0.5) is 0 Å². The molecule has 2 atom stereocenters. The highest BCUT2D eigenvalue weighted by molar-refractivity contribution is 5.89. The molecule has 2 unspecified atom stereocenters. The van der Waals surface area contributed by atoms with E-state index in [-0.39, 0.29) is 18.1 Å². The summed E-state index contributed by atoms with van der Waals surface area (Å²) in [5.74, 6) is -1.21. The minimum absolute atomic E-state index is 0.0747. The first kappa shape index (κ1) is 11.1. The fraction of sp³-hybridized carbons (Fsp3) is 0.778. The van der Waals surface area contributed by atoms with Crippen LogP contribution >= 0.6 is 0 Å². The number of hydrogen-bond acceptors (Lipinski definition) is 4. The summed E-state index contributed by atoms with van der Waals surface area (Å²) in [6.07, 6.45) is 0.529. The maximum atomic E-state index is 11.6. The van der Waals surface area contributed by atoms with Crippen LogP contribution in [0, 0.1) is 5.92 Å². The minimum atomic E-state index is -1.02. The third kappa shape index (κ3) is 2.78. The molecule has 5 heteroatoms. The first-order valence-corrected chi connectivity index (χ1v) is 4.70. The summed E-state index contributed by atoms with van der Waals surface area (Å²) in [6, 6.07) is -0.844. The van der Waals surface area contributed by atoms with E-state index in [1.54, 1.807) is 0 Å². The number of ketones is 1. The highest BCUT2D eigenvalue weighted by Crippen LogP contribution is 2.17. The summed E-state index contributed by atoms with van der Waals surface area (Å²) in [5, 5.41) is 8.48. The van der Waals surface area contributed by atoms with Gasteiger partial charge in [-0.2, -0.15) is 0 Å². The smallest absolute Gasteiger partial charge is 0.305 e. The van der Waals surface area contributed by atoms with Crippen molar-refractivity contribution in [1.82, 2.24) is 4.90 Å². The largest absolute Gasteiger partial charge is 0.481 e. The van der Waals surface area contributed by atoms with Gasteiger partial charge in [-0.05, 0) is 20.0 Å². The third-order valence-electron chi connectivity index (χ3n) is 2.55. The summed E-state index contributed by atoms with van der Waals surface area (Å²) in [6.45, 7) is 1.59. The molecule has 0 aromatic carbocycles. The molecule has 0 saturated carbocycles. The van der Waals surface area contributed by atoms with Crippen molar-refractivity contribution < 1.29 is 14.7 Å². The Balaban J connectivity index is 2.44. The van der Waals surface area contributed by atoms with Gasteiger partial charge in [0.05, 0.1) is 12.5 Å². The van der Waals surface area contributed by atoms with Gasteiger partial charge in [-0.25, -0.2) is 0 Å². The number of carboxylic acid groups (broad SMARTS) is 1. The number of carbonyl (C=O) groups is 2. The highest BCUT2D eigenvalue weighted by Gasteiger charge is 2.30. The lowest BCUT2D eigenvalue weighted by Crippen LogP contribution is -2.38. The molecular weight excluding hydrogens is 184 g/mol. The highest BCUT2D eigenvalue weighted by atomic mass is 16.4. The SMILES string of the molecule is CN1CCC(C(=O)C(N)CC(=O)O)C1. The average Bonchev–Trinajstić information content (AvgIpc) is 2.49. The van der Waals surface area contributed by atoms with E-state index in [9.17, 15) is 9.59 Å². The summed E-state index contributed by atoms with van der Waals surface area (Å²) in [5.41, 5.74) is 5.49. The van der Waals surface area contributed by atoms with Crippen LogP contribution in [0.25, 0.3) is 0 Å². The molecule has 1 heterocycles. The molecule has 1 fully saturated rings. The average molecular weight is 200 g/mol. The molecule has 0 bridgehead atoms. The Kier molecular flexibility index (Phi) is 3.60. The van der Waals surface area contributed by atoms with Crippen LogP contribution in [0.1, 0.15) is 12.8 Å². The number of nitrogens with zero attached hydrogens (tertiary/aromatic N) is 1. The lowest BCUT2D eigenvalue weighted by Gasteiger charge is -2.13. The van der Waals surface area contributed by atoms with Gasteiger partial charge in [0.25, 0.3) is 0 Å². The molecule has 0 aliphatic carbocycles. The fourth-order valence-corrected chi connectivity index (χ4v) is 1.76. The van der Waals surface area contributed by atoms with Crippen LogP contribution in [0.15, 0.2) is 0 Å². The lowest BCUT2D eigenvalue weighted by molar-refractivity contribution is -0.139. The van der Waals surface area contributed by atoms with E-state index in [4.69, 9.17) is 10.8 Å². The van der Waals surface area contributed by atoms with Crippen molar-refractivity contribution in [3.05, 3.63) is 0 Å². The van der Waals surface area contributed by atoms with Crippen LogP contribution < -0.4 is 5.73 Å². The van der Waals surface area contributed by atoms with Gasteiger partial charge >= 0.3 is 5.97 Å². The van der Waals surface area contributed by atoms with Crippen molar-refractivity contribution in [3.8, 4) is 0 Å². The Bertz CT molecular complexity index is 242. The number of carbonyl (C=O) groups excluding carboxylic acids is 1. The van der Waals surface area contributed by atoms with E-state index in [0.717, 1.165) is 13.0 Å². The molecule has 1 saturated heterocycles. The Labute approximate surface area is 82.9 Å². The number of aliphatic carboxylic acids is 1. The molecule has 80 valence electrons. The molecule has 0 aromatic rings. The van der Waals surface area contributed by atoms with Gasteiger partial charge in [0.1, 0.15) is 0 Å². The van der Waals surface area contributed by atoms with E-state index in [0.29, 0.717) is 6.54 Å². The maximum Gasteiger partial charge on any atom is 0.305 e. The molecule has 14 heavy (non-hydrogen) atoms. The van der Waals surface area contributed by atoms with Crippen LogP contribution in [-0.4, -0.2) is 47.9 Å². The van der Waals surface area contributed by atoms with Crippen molar-refractivity contribution >= 4 is 11.8 Å². The molecule has 3 N–H and O–H groups in total. The maximum absolute atomic E-state index is 11.6. The monoisotopic (exact) mass is 200 g/mol. The zero-order valence-electron chi connectivity index (χ0n) is 8.27. The van der Waals surface area contributed by atoms with E-state index < -0.39 is 12.0 Å². The number of likely N-dealkylation sites (tertiary alicyclic amines) is 1. The number of carboxylic acids is 1. The third-order valence-corrected chi connectivity index (χ3v) is 2.55. The van der Waals surface area contributed by atoms with E-state index in [2.05, 4.69) is 4.90 Å². The Morgan fingerprint density at radius 1 is 1.64 bits per heavy atom. The van der Waals surface area contributed by atoms with Crippen LogP contribution in [-0.2, 0) is 9.59 Å². The summed E-state index contributed by atoms with van der Waals surface area (Å²) in [7, 11) is 1.94. The van der Waals surface area contributed by atoms with E-state index >= 15 is 0 Å². The van der Waals surface area contributed by atoms with Crippen molar-refractivity contribution in [2.45, 2.75) is 18.9 Å². The molecule has 5 nitrogen and oxygen atoms in total. The zero-order chi connectivity index (χ0) is 10.7. The standard InChI is InChI=1S/C9H16N2O3/c1-11-3-2-6(5-11)9(14)7(10)4-8(12)13/h6-7H,2-5,10H2,1H3,(H,12,13). The minimum Gasteiger partial charge on any atom is -0.481 e. The van der Waals surface area contributed by atoms with Crippen molar-refractivity contribution in [3.63, 3.8) is 0 Å². The molecular formula is C9H16N2O3. The number of Topliss-reactive ketones (excluding diaryl/α,β-unsaturated/α-hetero) is 1. The summed E-state index contributed by atoms with van der Waals surface area (Å²) in [4.78, 5) is 24.0. The first-order chi connectivity index (χ1) is 6.50. The number of rotatable bonds is 4. The second kappa shape index (κ2) is 4.52. The Hall–Kier alpha value is -0.940. The lowest BCUT2D eigenvalue weighted by atomic mass is 9.96. The molecule has 1 aliphatic heterocycles. The van der Waals surface area contributed by atoms with Crippen molar-refractivity contribution in [1.29, 1.82) is 0 Å². The van der Waals surface area contributed by atoms with E-state index in [1.165, 1.54) is 0 Å². The second-order valence-corrected chi connectivity index (χ2v) is 3.85. The van der Waals surface area contributed by atoms with Gasteiger partial charge in [0, 0.05) is 12.5 Å². The van der Waals surface area contributed by atoms with Gasteiger partial charge < -0.3 is 15.7 Å². The topological polar surface area (TPSA) is 83.6 Å². The fourth-order valence-electron chi connectivity index (χ4n) is 1.76. The van der Waals surface area contributed by atoms with Gasteiger partial charge in [-0.3, -0.25) is 9.59 Å². The van der Waals surface area contributed by atoms with Gasteiger partial charge in [0.2, 0.25) is 0 Å². The molecule has 0 radical (unpaired) electrons. The van der Waals surface area contributed by atoms with Crippen molar-refractivity contribution in [2.24, 2.45) is 11.7 Å². The van der Waals surface area contributed by atoms with Crippen LogP contribution in [0.2, 0.25) is 0 Å². The Morgan fingerprint density at radius 2 is 2.29 bits per heavy atom. The van der Waals surface area contributed by atoms with E-state index in [1.807, 2.05) is 7.05 Å². The molecule has 0 amide bonds. The van der Waals surface area contributed by atoms with Gasteiger partial charge in [0.15, 0.2) is 5.78 Å². The van der Waals surface area contributed by atoms with Crippen LogP contribution in [0.3, 0.4) is 0 Å². The normalized spacial score (nSPS) is 24.9. The predicted octanol–water partition coefficient (Wildman–Crippen LogP) is -0.691. The molecule has 1 aliphatic rings. The zero-order valence-corrected chi connectivity index (χ0v) is 8.27.